The van der Waals surface area contributed by atoms with Gasteiger partial charge in [-0.3, -0.25) is 9.59 Å². The van der Waals surface area contributed by atoms with E-state index in [-0.39, 0.29) is 31.8 Å². The summed E-state index contributed by atoms with van der Waals surface area (Å²) in [4.78, 5) is 24.8. The number of carbonyl (C=O) groups excluding carboxylic acids is 1. The van der Waals surface area contributed by atoms with Crippen LogP contribution in [0, 0.1) is 6.92 Å². The molecular formula is C18H18F3N3O4. The Bertz CT molecular complexity index is 877. The van der Waals surface area contributed by atoms with E-state index in [0.717, 1.165) is 11.8 Å². The Balaban J connectivity index is 1.94. The van der Waals surface area contributed by atoms with Gasteiger partial charge in [0, 0.05) is 13.1 Å². The van der Waals surface area contributed by atoms with Crippen molar-refractivity contribution in [3.8, 4) is 5.69 Å². The van der Waals surface area contributed by atoms with Crippen LogP contribution in [0.3, 0.4) is 0 Å². The first-order valence-electron chi connectivity index (χ1n) is 8.51. The Morgan fingerprint density at radius 2 is 1.96 bits per heavy atom. The van der Waals surface area contributed by atoms with E-state index < -0.39 is 35.4 Å². The largest absolute Gasteiger partial charge is 0.481 e. The molecule has 1 atom stereocenters. The van der Waals surface area contributed by atoms with Crippen molar-refractivity contribution in [1.29, 1.82) is 0 Å². The standard InChI is InChI=1S/C18H18F3N3O4/c1-11-2-4-12(5-3-11)24-16(18(19,20)21)14(9-22-24)17(27)23-6-7-28-13(10-23)8-15(25)26/h2-5,9,13H,6-8,10H2,1H3,(H,25,26). The smallest absolute Gasteiger partial charge is 0.434 e. The second kappa shape index (κ2) is 7.63. The van der Waals surface area contributed by atoms with Crippen molar-refractivity contribution in [2.24, 2.45) is 0 Å². The van der Waals surface area contributed by atoms with Crippen LogP contribution in [0.25, 0.3) is 5.69 Å². The number of alkyl halides is 3. The van der Waals surface area contributed by atoms with Gasteiger partial charge < -0.3 is 14.7 Å². The fourth-order valence-electron chi connectivity index (χ4n) is 3.05. The van der Waals surface area contributed by atoms with Gasteiger partial charge in [0.25, 0.3) is 5.91 Å². The second-order valence-corrected chi connectivity index (χ2v) is 6.49. The Labute approximate surface area is 158 Å². The predicted molar refractivity (Wildman–Crippen MR) is 91.2 cm³/mol. The van der Waals surface area contributed by atoms with Crippen molar-refractivity contribution < 1.29 is 32.6 Å². The van der Waals surface area contributed by atoms with Crippen molar-refractivity contribution in [3.05, 3.63) is 47.3 Å². The molecule has 1 fully saturated rings. The Hall–Kier alpha value is -2.88. The molecule has 1 N–H and O–H groups in total. The average Bonchev–Trinajstić information content (AvgIpc) is 3.07. The highest BCUT2D eigenvalue weighted by molar-refractivity contribution is 5.95. The number of rotatable bonds is 4. The molecule has 0 aliphatic carbocycles. The van der Waals surface area contributed by atoms with Gasteiger partial charge in [-0.25, -0.2) is 4.68 Å². The number of hydrogen-bond donors (Lipinski definition) is 1. The zero-order chi connectivity index (χ0) is 20.5. The molecular weight excluding hydrogens is 379 g/mol. The molecule has 1 aromatic carbocycles. The summed E-state index contributed by atoms with van der Waals surface area (Å²) < 4.78 is 47.2. The zero-order valence-electron chi connectivity index (χ0n) is 14.9. The quantitative estimate of drug-likeness (QED) is 0.857. The Morgan fingerprint density at radius 3 is 2.57 bits per heavy atom. The van der Waals surface area contributed by atoms with Crippen LogP contribution in [0.4, 0.5) is 13.2 Å². The SMILES string of the molecule is Cc1ccc(-n2ncc(C(=O)N3CCOC(CC(=O)O)C3)c2C(F)(F)F)cc1. The normalized spacial score (nSPS) is 17.6. The molecule has 1 aliphatic heterocycles. The van der Waals surface area contributed by atoms with Crippen LogP contribution in [0.2, 0.25) is 0 Å². The lowest BCUT2D eigenvalue weighted by atomic mass is 10.1. The lowest BCUT2D eigenvalue weighted by Gasteiger charge is -2.32. The summed E-state index contributed by atoms with van der Waals surface area (Å²) in [7, 11) is 0. The zero-order valence-corrected chi connectivity index (χ0v) is 14.9. The number of nitrogens with zero attached hydrogens (tertiary/aromatic N) is 3. The summed E-state index contributed by atoms with van der Waals surface area (Å²) in [5, 5.41) is 12.7. The van der Waals surface area contributed by atoms with Crippen LogP contribution in [0.1, 0.15) is 28.0 Å². The van der Waals surface area contributed by atoms with E-state index in [2.05, 4.69) is 5.10 Å². The van der Waals surface area contributed by atoms with Gasteiger partial charge in [-0.05, 0) is 19.1 Å². The highest BCUT2D eigenvalue weighted by Gasteiger charge is 2.42. The first-order chi connectivity index (χ1) is 13.2. The van der Waals surface area contributed by atoms with E-state index in [9.17, 15) is 22.8 Å². The van der Waals surface area contributed by atoms with Crippen molar-refractivity contribution in [1.82, 2.24) is 14.7 Å². The summed E-state index contributed by atoms with van der Waals surface area (Å²) in [6.07, 6.45) is -5.01. The number of carboxylic acid groups (broad SMARTS) is 1. The molecule has 0 bridgehead atoms. The number of benzene rings is 1. The summed E-state index contributed by atoms with van der Waals surface area (Å²) in [5.41, 5.74) is -0.687. The molecule has 150 valence electrons. The van der Waals surface area contributed by atoms with Crippen molar-refractivity contribution >= 4 is 11.9 Å². The van der Waals surface area contributed by atoms with Gasteiger partial charge in [0.15, 0.2) is 5.69 Å². The van der Waals surface area contributed by atoms with E-state index in [1.165, 1.54) is 17.0 Å². The van der Waals surface area contributed by atoms with E-state index >= 15 is 0 Å². The number of carboxylic acids is 1. The number of aromatic nitrogens is 2. The molecule has 0 saturated carbocycles. The van der Waals surface area contributed by atoms with Gasteiger partial charge in [0.05, 0.1) is 36.6 Å². The topological polar surface area (TPSA) is 84.7 Å². The van der Waals surface area contributed by atoms with Crippen LogP contribution >= 0.6 is 0 Å². The number of morpholine rings is 1. The van der Waals surface area contributed by atoms with Crippen molar-refractivity contribution in [3.63, 3.8) is 0 Å². The third-order valence-electron chi connectivity index (χ3n) is 4.37. The van der Waals surface area contributed by atoms with E-state index in [1.807, 2.05) is 0 Å². The maximum absolute atomic E-state index is 13.7. The van der Waals surface area contributed by atoms with E-state index in [1.54, 1.807) is 19.1 Å². The van der Waals surface area contributed by atoms with Crippen molar-refractivity contribution in [2.45, 2.75) is 25.6 Å². The molecule has 3 rings (SSSR count). The molecule has 10 heteroatoms. The fourth-order valence-corrected chi connectivity index (χ4v) is 3.05. The van der Waals surface area contributed by atoms with Crippen molar-refractivity contribution in [2.75, 3.05) is 19.7 Å². The molecule has 1 amide bonds. The van der Waals surface area contributed by atoms with E-state index in [4.69, 9.17) is 9.84 Å². The number of aryl methyl sites for hydroxylation is 1. The van der Waals surface area contributed by atoms with Gasteiger partial charge in [-0.2, -0.15) is 18.3 Å². The summed E-state index contributed by atoms with van der Waals surface area (Å²) in [6, 6.07) is 6.28. The lowest BCUT2D eigenvalue weighted by molar-refractivity contribution is -0.143. The highest BCUT2D eigenvalue weighted by Crippen LogP contribution is 2.34. The predicted octanol–water partition coefficient (Wildman–Crippen LogP) is 2.52. The molecule has 0 spiro atoms. The highest BCUT2D eigenvalue weighted by atomic mass is 19.4. The van der Waals surface area contributed by atoms with E-state index in [0.29, 0.717) is 4.68 Å². The molecule has 1 aromatic heterocycles. The third kappa shape index (κ3) is 4.16. The number of halogens is 3. The average molecular weight is 397 g/mol. The number of aliphatic carboxylic acids is 1. The van der Waals surface area contributed by atoms with Gasteiger partial charge in [0.1, 0.15) is 0 Å². The third-order valence-corrected chi connectivity index (χ3v) is 4.37. The van der Waals surface area contributed by atoms with Crippen LogP contribution < -0.4 is 0 Å². The fraction of sp³-hybridized carbons (Fsp3) is 0.389. The maximum atomic E-state index is 13.7. The lowest BCUT2D eigenvalue weighted by Crippen LogP contribution is -2.46. The first kappa shape index (κ1) is 19.9. The second-order valence-electron chi connectivity index (χ2n) is 6.49. The van der Waals surface area contributed by atoms with Gasteiger partial charge in [-0.1, -0.05) is 17.7 Å². The number of ether oxygens (including phenoxy) is 1. The summed E-state index contributed by atoms with van der Waals surface area (Å²) >= 11 is 0. The molecule has 0 radical (unpaired) electrons. The minimum Gasteiger partial charge on any atom is -0.481 e. The van der Waals surface area contributed by atoms with Gasteiger partial charge in [-0.15, -0.1) is 0 Å². The van der Waals surface area contributed by atoms with Crippen LogP contribution in [-0.2, 0) is 15.7 Å². The minimum atomic E-state index is -4.81. The molecule has 2 heterocycles. The molecule has 7 nitrogen and oxygen atoms in total. The van der Waals surface area contributed by atoms with Crippen LogP contribution in [0.5, 0.6) is 0 Å². The minimum absolute atomic E-state index is 0.0527. The molecule has 1 aliphatic rings. The number of hydrogen-bond acceptors (Lipinski definition) is 4. The first-order valence-corrected chi connectivity index (χ1v) is 8.51. The van der Waals surface area contributed by atoms with Gasteiger partial charge >= 0.3 is 12.1 Å². The number of carbonyl (C=O) groups is 2. The van der Waals surface area contributed by atoms with Crippen LogP contribution in [0.15, 0.2) is 30.5 Å². The number of amides is 1. The summed E-state index contributed by atoms with van der Waals surface area (Å²) in [6.45, 7) is 1.83. The van der Waals surface area contributed by atoms with Gasteiger partial charge in [0.2, 0.25) is 0 Å². The monoisotopic (exact) mass is 397 g/mol. The molecule has 1 saturated heterocycles. The molecule has 28 heavy (non-hydrogen) atoms. The maximum Gasteiger partial charge on any atom is 0.434 e. The van der Waals surface area contributed by atoms with Crippen LogP contribution in [-0.4, -0.2) is 57.5 Å². The molecule has 1 unspecified atom stereocenters. The Morgan fingerprint density at radius 1 is 1.29 bits per heavy atom. The Kier molecular flexibility index (Phi) is 5.41. The summed E-state index contributed by atoms with van der Waals surface area (Å²) in [5.74, 6) is -1.97. The molecule has 2 aromatic rings.